The van der Waals surface area contributed by atoms with Gasteiger partial charge in [0.15, 0.2) is 0 Å². The predicted octanol–water partition coefficient (Wildman–Crippen LogP) is 6.52. The third-order valence-corrected chi connectivity index (χ3v) is 7.39. The molecule has 0 N–H and O–H groups in total. The summed E-state index contributed by atoms with van der Waals surface area (Å²) in [6.45, 7) is 1.42. The molecular formula is C28H24F7N3O2. The lowest BCUT2D eigenvalue weighted by Gasteiger charge is -2.32. The molecule has 2 aromatic carbocycles. The molecule has 2 unspecified atom stereocenters. The smallest absolute Gasteiger partial charge is 0.368 e. The number of amides is 1. The molecule has 5 nitrogen and oxygen atoms in total. The molecule has 1 saturated heterocycles. The maximum Gasteiger partial charge on any atom is 0.416 e. The number of ether oxygens (including phenoxy) is 1. The van der Waals surface area contributed by atoms with E-state index in [1.54, 1.807) is 41.2 Å². The number of hydrogen-bond donors (Lipinski definition) is 0. The first-order valence-electron chi connectivity index (χ1n) is 12.4. The highest BCUT2D eigenvalue weighted by molar-refractivity contribution is 5.97. The highest BCUT2D eigenvalue weighted by Gasteiger charge is 2.48. The van der Waals surface area contributed by atoms with E-state index in [-0.39, 0.29) is 24.1 Å². The molecule has 3 heterocycles. The van der Waals surface area contributed by atoms with Crippen molar-refractivity contribution >= 4 is 11.5 Å². The number of aromatic nitrogens is 2. The average molecular weight is 568 g/mol. The maximum absolute atomic E-state index is 13.8. The third-order valence-electron chi connectivity index (χ3n) is 7.39. The van der Waals surface area contributed by atoms with Crippen LogP contribution in [0, 0.1) is 5.82 Å². The maximum atomic E-state index is 13.8. The van der Waals surface area contributed by atoms with Crippen molar-refractivity contribution in [3.8, 4) is 0 Å². The number of alkyl halides is 6. The number of hydrogen-bond acceptors (Lipinski definition) is 3. The Hall–Kier alpha value is -3.67. The Kier molecular flexibility index (Phi) is 7.01. The number of fused-ring (bicyclic) bond motifs is 1. The monoisotopic (exact) mass is 567 g/mol. The van der Waals surface area contributed by atoms with E-state index in [1.165, 1.54) is 25.1 Å². The molecule has 0 aliphatic carbocycles. The summed E-state index contributed by atoms with van der Waals surface area (Å²) in [6, 6.07) is 6.50. The van der Waals surface area contributed by atoms with Crippen LogP contribution < -0.4 is 0 Å². The van der Waals surface area contributed by atoms with Crippen molar-refractivity contribution in [3.63, 3.8) is 0 Å². The van der Waals surface area contributed by atoms with Crippen molar-refractivity contribution in [3.05, 3.63) is 94.6 Å². The summed E-state index contributed by atoms with van der Waals surface area (Å²) < 4.78 is 102. The average Bonchev–Trinajstić information content (AvgIpc) is 3.47. The van der Waals surface area contributed by atoms with Gasteiger partial charge in [0.1, 0.15) is 5.82 Å². The van der Waals surface area contributed by atoms with E-state index in [4.69, 9.17) is 4.74 Å². The van der Waals surface area contributed by atoms with Gasteiger partial charge in [0, 0.05) is 43.4 Å². The van der Waals surface area contributed by atoms with Gasteiger partial charge in [0.25, 0.3) is 0 Å². The largest absolute Gasteiger partial charge is 0.416 e. The van der Waals surface area contributed by atoms with Gasteiger partial charge in [0.2, 0.25) is 5.91 Å². The van der Waals surface area contributed by atoms with Gasteiger partial charge in [-0.1, -0.05) is 12.1 Å². The van der Waals surface area contributed by atoms with Gasteiger partial charge in [-0.3, -0.25) is 9.48 Å². The molecule has 3 aromatic rings. The van der Waals surface area contributed by atoms with E-state index in [2.05, 4.69) is 5.10 Å². The lowest BCUT2D eigenvalue weighted by atomic mass is 9.84. The minimum absolute atomic E-state index is 0.0534. The molecule has 5 rings (SSSR count). The molecule has 4 atom stereocenters. The van der Waals surface area contributed by atoms with E-state index in [1.807, 2.05) is 0 Å². The van der Waals surface area contributed by atoms with Crippen molar-refractivity contribution in [1.29, 1.82) is 0 Å². The fourth-order valence-electron chi connectivity index (χ4n) is 5.48. The summed E-state index contributed by atoms with van der Waals surface area (Å²) >= 11 is 0. The topological polar surface area (TPSA) is 47.4 Å². The minimum atomic E-state index is -5.00. The lowest BCUT2D eigenvalue weighted by Crippen LogP contribution is -2.39. The van der Waals surface area contributed by atoms with Crippen molar-refractivity contribution in [2.45, 2.75) is 49.9 Å². The number of rotatable bonds is 5. The highest BCUT2D eigenvalue weighted by Crippen LogP contribution is 2.45. The SMILES string of the molecule is C[C@@H](OC1CN2C(=O)C=C(c3cnn(C)c3)CC2[C@@H]1c1ccc(F)cc1)c1cc(C(F)(F)F)cc(C(F)(F)F)c1. The summed E-state index contributed by atoms with van der Waals surface area (Å²) in [5.41, 5.74) is -1.07. The van der Waals surface area contributed by atoms with Crippen LogP contribution in [0.25, 0.3) is 5.57 Å². The Bertz CT molecular complexity index is 1410. The highest BCUT2D eigenvalue weighted by atomic mass is 19.4. The zero-order valence-electron chi connectivity index (χ0n) is 21.3. The zero-order valence-corrected chi connectivity index (χ0v) is 21.3. The van der Waals surface area contributed by atoms with Crippen LogP contribution in [0.2, 0.25) is 0 Å². The quantitative estimate of drug-likeness (QED) is 0.330. The van der Waals surface area contributed by atoms with Gasteiger partial charge < -0.3 is 9.64 Å². The van der Waals surface area contributed by atoms with E-state index in [0.717, 1.165) is 11.1 Å². The van der Waals surface area contributed by atoms with Crippen LogP contribution in [0.1, 0.15) is 53.2 Å². The van der Waals surface area contributed by atoms with Crippen molar-refractivity contribution in [2.24, 2.45) is 7.05 Å². The standard InChI is InChI=1S/C28H24F7N3O2/c1-15(17-7-20(27(30,31)32)11-21(8-17)28(33,34)35)40-24-14-38-23(26(24)16-3-5-22(29)6-4-16)9-18(10-25(38)39)19-12-36-37(2)13-19/h3-8,10-13,15,23-24,26H,9,14H2,1-2H3/t15-,23?,24?,26+/m1/s1. The Morgan fingerprint density at radius 2 is 1.62 bits per heavy atom. The molecule has 0 bridgehead atoms. The number of carbonyl (C=O) groups is 1. The van der Waals surface area contributed by atoms with Gasteiger partial charge in [-0.15, -0.1) is 0 Å². The lowest BCUT2D eigenvalue weighted by molar-refractivity contribution is -0.143. The molecule has 0 spiro atoms. The molecule has 1 aromatic heterocycles. The Labute approximate surface area is 224 Å². The Morgan fingerprint density at radius 3 is 2.17 bits per heavy atom. The molecular weight excluding hydrogens is 543 g/mol. The predicted molar refractivity (Wildman–Crippen MR) is 130 cm³/mol. The number of aryl methyl sites for hydroxylation is 1. The van der Waals surface area contributed by atoms with Gasteiger partial charge in [-0.25, -0.2) is 4.39 Å². The van der Waals surface area contributed by atoms with Crippen LogP contribution in [-0.4, -0.2) is 39.3 Å². The van der Waals surface area contributed by atoms with E-state index in [9.17, 15) is 35.5 Å². The number of benzene rings is 2. The number of nitrogens with zero attached hydrogens (tertiary/aromatic N) is 3. The summed E-state index contributed by atoms with van der Waals surface area (Å²) in [7, 11) is 1.74. The summed E-state index contributed by atoms with van der Waals surface area (Å²) in [6.07, 6.45) is -6.70. The Morgan fingerprint density at radius 1 is 1.00 bits per heavy atom. The van der Waals surface area contributed by atoms with Crippen LogP contribution in [0.5, 0.6) is 0 Å². The number of carbonyl (C=O) groups excluding carboxylic acids is 1. The van der Waals surface area contributed by atoms with E-state index < -0.39 is 53.5 Å². The second-order valence-electron chi connectivity index (χ2n) is 10.1. The summed E-state index contributed by atoms with van der Waals surface area (Å²) in [5, 5.41) is 4.15. The number of halogens is 7. The molecule has 1 amide bonds. The van der Waals surface area contributed by atoms with Gasteiger partial charge in [-0.2, -0.15) is 31.4 Å². The minimum Gasteiger partial charge on any atom is -0.368 e. The first kappa shape index (κ1) is 27.9. The second-order valence-corrected chi connectivity index (χ2v) is 10.1. The van der Waals surface area contributed by atoms with Crippen LogP contribution in [0.3, 0.4) is 0 Å². The fourth-order valence-corrected chi connectivity index (χ4v) is 5.48. The van der Waals surface area contributed by atoms with Crippen LogP contribution >= 0.6 is 0 Å². The normalized spacial score (nSPS) is 22.3. The molecule has 2 aliphatic heterocycles. The zero-order chi connectivity index (χ0) is 29.0. The summed E-state index contributed by atoms with van der Waals surface area (Å²) in [5.74, 6) is -1.32. The first-order valence-corrected chi connectivity index (χ1v) is 12.4. The van der Waals surface area contributed by atoms with Gasteiger partial charge >= 0.3 is 12.4 Å². The van der Waals surface area contributed by atoms with E-state index >= 15 is 0 Å². The molecule has 0 saturated carbocycles. The third kappa shape index (κ3) is 5.49. The van der Waals surface area contributed by atoms with Gasteiger partial charge in [-0.05, 0) is 60.4 Å². The molecule has 12 heteroatoms. The molecule has 1 fully saturated rings. The molecule has 0 radical (unpaired) electrons. The van der Waals surface area contributed by atoms with Crippen LogP contribution in [0.4, 0.5) is 30.7 Å². The van der Waals surface area contributed by atoms with E-state index in [0.29, 0.717) is 24.1 Å². The van der Waals surface area contributed by atoms with Crippen LogP contribution in [0.15, 0.2) is 60.9 Å². The van der Waals surface area contributed by atoms with Crippen molar-refractivity contribution in [1.82, 2.24) is 14.7 Å². The second kappa shape index (κ2) is 10.1. The summed E-state index contributed by atoms with van der Waals surface area (Å²) in [4.78, 5) is 14.7. The fraction of sp³-hybridized carbons (Fsp3) is 0.357. The molecule has 212 valence electrons. The van der Waals surface area contributed by atoms with Crippen molar-refractivity contribution < 1.29 is 40.3 Å². The van der Waals surface area contributed by atoms with Crippen molar-refractivity contribution in [2.75, 3.05) is 6.54 Å². The Balaban J connectivity index is 1.49. The molecule has 40 heavy (non-hydrogen) atoms. The first-order chi connectivity index (χ1) is 18.7. The van der Waals surface area contributed by atoms with Crippen LogP contribution in [-0.2, 0) is 28.9 Å². The van der Waals surface area contributed by atoms with Gasteiger partial charge in [0.05, 0.1) is 29.5 Å². The molecule has 2 aliphatic rings.